The molecular formula is C16H17FN2O2. The van der Waals surface area contributed by atoms with Gasteiger partial charge < -0.3 is 15.4 Å². The summed E-state index contributed by atoms with van der Waals surface area (Å²) in [7, 11) is 2.99. The Balaban J connectivity index is 2.53. The molecule has 0 aromatic heterocycles. The number of anilines is 3. The quantitative estimate of drug-likeness (QED) is 0.695. The van der Waals surface area contributed by atoms with Crippen molar-refractivity contribution in [1.29, 1.82) is 0 Å². The van der Waals surface area contributed by atoms with Gasteiger partial charge in [0.2, 0.25) is 0 Å². The molecule has 0 saturated carbocycles. The van der Waals surface area contributed by atoms with Crippen molar-refractivity contribution in [2.24, 2.45) is 0 Å². The topological polar surface area (TPSA) is 55.6 Å². The van der Waals surface area contributed by atoms with Crippen LogP contribution in [0.1, 0.15) is 15.9 Å². The van der Waals surface area contributed by atoms with Crippen molar-refractivity contribution in [3.8, 4) is 0 Å². The Morgan fingerprint density at radius 1 is 1.24 bits per heavy atom. The molecule has 2 aromatic rings. The van der Waals surface area contributed by atoms with Crippen LogP contribution in [0.5, 0.6) is 0 Å². The van der Waals surface area contributed by atoms with Gasteiger partial charge in [-0.25, -0.2) is 9.18 Å². The molecule has 0 saturated heterocycles. The molecule has 0 amide bonds. The summed E-state index contributed by atoms with van der Waals surface area (Å²) in [5, 5.41) is 0. The highest BCUT2D eigenvalue weighted by Crippen LogP contribution is 2.31. The molecule has 2 aromatic carbocycles. The second-order valence-corrected chi connectivity index (χ2v) is 4.73. The van der Waals surface area contributed by atoms with E-state index in [1.807, 2.05) is 31.2 Å². The van der Waals surface area contributed by atoms with E-state index in [2.05, 4.69) is 4.74 Å². The highest BCUT2D eigenvalue weighted by Gasteiger charge is 2.18. The monoisotopic (exact) mass is 288 g/mol. The van der Waals surface area contributed by atoms with Gasteiger partial charge in [-0.05, 0) is 30.7 Å². The molecule has 0 heterocycles. The molecular weight excluding hydrogens is 271 g/mol. The molecule has 0 aliphatic heterocycles. The van der Waals surface area contributed by atoms with Crippen molar-refractivity contribution >= 4 is 23.0 Å². The lowest BCUT2D eigenvalue weighted by molar-refractivity contribution is 0.0602. The number of nitrogens with two attached hydrogens (primary N) is 1. The van der Waals surface area contributed by atoms with Crippen LogP contribution in [0.4, 0.5) is 21.5 Å². The van der Waals surface area contributed by atoms with Crippen molar-refractivity contribution in [1.82, 2.24) is 0 Å². The van der Waals surface area contributed by atoms with Gasteiger partial charge in [-0.3, -0.25) is 0 Å². The molecule has 0 bridgehead atoms. The number of carbonyl (C=O) groups excluding carboxylic acids is 1. The van der Waals surface area contributed by atoms with Crippen molar-refractivity contribution < 1.29 is 13.9 Å². The zero-order valence-electron chi connectivity index (χ0n) is 12.2. The number of nitrogens with zero attached hydrogens (tertiary/aromatic N) is 1. The van der Waals surface area contributed by atoms with E-state index in [4.69, 9.17) is 5.73 Å². The minimum absolute atomic E-state index is 0.0567. The van der Waals surface area contributed by atoms with Gasteiger partial charge in [-0.15, -0.1) is 0 Å². The number of esters is 1. The van der Waals surface area contributed by atoms with Crippen LogP contribution in [-0.2, 0) is 4.74 Å². The smallest absolute Gasteiger partial charge is 0.340 e. The van der Waals surface area contributed by atoms with E-state index in [1.54, 1.807) is 11.9 Å². The highest BCUT2D eigenvalue weighted by atomic mass is 19.1. The SMILES string of the molecule is COC(=O)c1cc(N(C)c2ccccc2C)c(F)cc1N. The number of hydrogen-bond acceptors (Lipinski definition) is 4. The summed E-state index contributed by atoms with van der Waals surface area (Å²) in [6.45, 7) is 1.93. The van der Waals surface area contributed by atoms with Gasteiger partial charge in [0.25, 0.3) is 0 Å². The molecule has 2 N–H and O–H groups in total. The van der Waals surface area contributed by atoms with Crippen LogP contribution in [0.15, 0.2) is 36.4 Å². The molecule has 0 atom stereocenters. The average molecular weight is 288 g/mol. The zero-order valence-corrected chi connectivity index (χ0v) is 12.2. The maximum Gasteiger partial charge on any atom is 0.340 e. The van der Waals surface area contributed by atoms with Crippen LogP contribution < -0.4 is 10.6 Å². The number of methoxy groups -OCH3 is 1. The number of hydrogen-bond donors (Lipinski definition) is 1. The molecule has 0 fully saturated rings. The van der Waals surface area contributed by atoms with Crippen molar-refractivity contribution in [3.63, 3.8) is 0 Å². The van der Waals surface area contributed by atoms with Crippen LogP contribution in [0.2, 0.25) is 0 Å². The predicted molar refractivity (Wildman–Crippen MR) is 81.4 cm³/mol. The fraction of sp³-hybridized carbons (Fsp3) is 0.188. The van der Waals surface area contributed by atoms with Crippen molar-refractivity contribution in [2.75, 3.05) is 24.8 Å². The lowest BCUT2D eigenvalue weighted by Gasteiger charge is -2.23. The van der Waals surface area contributed by atoms with Crippen LogP contribution in [0.25, 0.3) is 0 Å². The van der Waals surface area contributed by atoms with E-state index in [-0.39, 0.29) is 16.9 Å². The zero-order chi connectivity index (χ0) is 15.6. The van der Waals surface area contributed by atoms with Gasteiger partial charge >= 0.3 is 5.97 Å². The van der Waals surface area contributed by atoms with Crippen LogP contribution in [-0.4, -0.2) is 20.1 Å². The van der Waals surface area contributed by atoms with E-state index >= 15 is 0 Å². The number of aryl methyl sites for hydroxylation is 1. The minimum Gasteiger partial charge on any atom is -0.465 e. The molecule has 21 heavy (non-hydrogen) atoms. The number of carbonyl (C=O) groups is 1. The number of benzene rings is 2. The lowest BCUT2D eigenvalue weighted by Crippen LogP contribution is -2.15. The largest absolute Gasteiger partial charge is 0.465 e. The predicted octanol–water partition coefficient (Wildman–Crippen LogP) is 3.27. The number of para-hydroxylation sites is 1. The average Bonchev–Trinajstić information content (AvgIpc) is 2.46. The Hall–Kier alpha value is -2.56. The van der Waals surface area contributed by atoms with E-state index in [0.717, 1.165) is 17.3 Å². The molecule has 0 aliphatic rings. The first kappa shape index (κ1) is 14.8. The number of ether oxygens (including phenoxy) is 1. The first-order valence-corrected chi connectivity index (χ1v) is 6.42. The van der Waals surface area contributed by atoms with E-state index in [9.17, 15) is 9.18 Å². The maximum atomic E-state index is 14.2. The molecule has 0 spiro atoms. The third-order valence-corrected chi connectivity index (χ3v) is 3.36. The summed E-state index contributed by atoms with van der Waals surface area (Å²) in [6.07, 6.45) is 0. The van der Waals surface area contributed by atoms with Gasteiger partial charge in [-0.2, -0.15) is 0 Å². The normalized spacial score (nSPS) is 10.3. The Kier molecular flexibility index (Phi) is 4.12. The molecule has 110 valence electrons. The van der Waals surface area contributed by atoms with E-state index in [1.165, 1.54) is 13.2 Å². The fourth-order valence-electron chi connectivity index (χ4n) is 2.19. The second-order valence-electron chi connectivity index (χ2n) is 4.73. The van der Waals surface area contributed by atoms with Crippen molar-refractivity contribution in [3.05, 3.63) is 53.3 Å². The molecule has 4 nitrogen and oxygen atoms in total. The third-order valence-electron chi connectivity index (χ3n) is 3.36. The molecule has 0 aliphatic carbocycles. The Bertz CT molecular complexity index is 686. The standard InChI is InChI=1S/C16H17FN2O2/c1-10-6-4-5-7-14(10)19(2)15-8-11(16(20)21-3)13(18)9-12(15)17/h4-9H,18H2,1-3H3. The summed E-state index contributed by atoms with van der Waals surface area (Å²) in [5.74, 6) is -1.09. The number of rotatable bonds is 3. The molecule has 5 heteroatoms. The third kappa shape index (κ3) is 2.81. The van der Waals surface area contributed by atoms with Crippen LogP contribution in [0.3, 0.4) is 0 Å². The fourth-order valence-corrected chi connectivity index (χ4v) is 2.19. The van der Waals surface area contributed by atoms with Gasteiger partial charge in [0, 0.05) is 18.4 Å². The highest BCUT2D eigenvalue weighted by molar-refractivity contribution is 5.96. The second kappa shape index (κ2) is 5.83. The Morgan fingerprint density at radius 3 is 2.52 bits per heavy atom. The summed E-state index contributed by atoms with van der Waals surface area (Å²) < 4.78 is 18.9. The molecule has 0 unspecified atom stereocenters. The first-order chi connectivity index (χ1) is 9.95. The summed E-state index contributed by atoms with van der Waals surface area (Å²) in [6, 6.07) is 10.1. The minimum atomic E-state index is -0.591. The Morgan fingerprint density at radius 2 is 1.90 bits per heavy atom. The number of halogens is 1. The van der Waals surface area contributed by atoms with Crippen LogP contribution >= 0.6 is 0 Å². The van der Waals surface area contributed by atoms with E-state index < -0.39 is 11.8 Å². The summed E-state index contributed by atoms with van der Waals surface area (Å²) in [5.41, 5.74) is 7.98. The van der Waals surface area contributed by atoms with Crippen molar-refractivity contribution in [2.45, 2.75) is 6.92 Å². The number of nitrogen functional groups attached to an aromatic ring is 1. The van der Waals surface area contributed by atoms with E-state index in [0.29, 0.717) is 0 Å². The molecule has 0 radical (unpaired) electrons. The summed E-state index contributed by atoms with van der Waals surface area (Å²) in [4.78, 5) is 13.4. The van der Waals surface area contributed by atoms with Gasteiger partial charge in [-0.1, -0.05) is 18.2 Å². The summed E-state index contributed by atoms with van der Waals surface area (Å²) >= 11 is 0. The Labute approximate surface area is 122 Å². The maximum absolute atomic E-state index is 14.2. The van der Waals surface area contributed by atoms with Gasteiger partial charge in [0.1, 0.15) is 5.82 Å². The molecule has 2 rings (SSSR count). The van der Waals surface area contributed by atoms with Gasteiger partial charge in [0.05, 0.1) is 18.4 Å². The first-order valence-electron chi connectivity index (χ1n) is 6.42. The lowest BCUT2D eigenvalue weighted by atomic mass is 10.1. The van der Waals surface area contributed by atoms with Gasteiger partial charge in [0.15, 0.2) is 0 Å². The van der Waals surface area contributed by atoms with Crippen LogP contribution in [0, 0.1) is 12.7 Å².